The van der Waals surface area contributed by atoms with Gasteiger partial charge in [-0.15, -0.1) is 11.3 Å². The van der Waals surface area contributed by atoms with Crippen molar-refractivity contribution in [3.05, 3.63) is 53.7 Å². The number of likely N-dealkylation sites (tertiary alicyclic amines) is 1. The Morgan fingerprint density at radius 2 is 2.03 bits per heavy atom. The van der Waals surface area contributed by atoms with Gasteiger partial charge in [0.05, 0.1) is 31.2 Å². The van der Waals surface area contributed by atoms with E-state index in [0.29, 0.717) is 43.1 Å². The number of carbonyl (C=O) groups is 2. The lowest BCUT2D eigenvalue weighted by atomic mass is 9.95. The maximum atomic E-state index is 12.7. The lowest BCUT2D eigenvalue weighted by Gasteiger charge is -2.31. The molecule has 0 unspecified atom stereocenters. The summed E-state index contributed by atoms with van der Waals surface area (Å²) in [5.74, 6) is 1.23. The summed E-state index contributed by atoms with van der Waals surface area (Å²) in [5, 5.41) is 5.61. The van der Waals surface area contributed by atoms with Crippen molar-refractivity contribution in [1.29, 1.82) is 0 Å². The number of aromatic nitrogens is 1. The van der Waals surface area contributed by atoms with Crippen LogP contribution in [0.3, 0.4) is 0 Å². The molecular formula is C22H23N3O4S. The van der Waals surface area contributed by atoms with Gasteiger partial charge in [-0.3, -0.25) is 9.59 Å². The van der Waals surface area contributed by atoms with Gasteiger partial charge in [-0.2, -0.15) is 0 Å². The zero-order valence-corrected chi connectivity index (χ0v) is 17.5. The van der Waals surface area contributed by atoms with Crippen molar-refractivity contribution in [3.63, 3.8) is 0 Å². The molecule has 1 aliphatic rings. The number of methoxy groups -OCH3 is 1. The van der Waals surface area contributed by atoms with E-state index in [2.05, 4.69) is 10.3 Å². The van der Waals surface area contributed by atoms with Crippen molar-refractivity contribution >= 4 is 28.8 Å². The number of ether oxygens (including phenoxy) is 1. The molecule has 0 radical (unpaired) electrons. The fourth-order valence-corrected chi connectivity index (χ4v) is 4.33. The van der Waals surface area contributed by atoms with Gasteiger partial charge in [-0.1, -0.05) is 12.1 Å². The molecule has 0 atom stereocenters. The predicted octanol–water partition coefficient (Wildman–Crippen LogP) is 3.83. The molecule has 2 aromatic heterocycles. The summed E-state index contributed by atoms with van der Waals surface area (Å²) in [7, 11) is 1.58. The minimum absolute atomic E-state index is 0.0332. The van der Waals surface area contributed by atoms with Gasteiger partial charge in [-0.05, 0) is 37.1 Å². The molecule has 4 rings (SSSR count). The smallest absolute Gasteiger partial charge is 0.228 e. The van der Waals surface area contributed by atoms with Crippen LogP contribution in [-0.4, -0.2) is 41.9 Å². The maximum absolute atomic E-state index is 12.7. The van der Waals surface area contributed by atoms with E-state index in [1.54, 1.807) is 13.4 Å². The van der Waals surface area contributed by atoms with Crippen LogP contribution in [0.1, 0.15) is 18.5 Å². The number of amides is 2. The van der Waals surface area contributed by atoms with Crippen LogP contribution in [0.4, 0.5) is 5.69 Å². The van der Waals surface area contributed by atoms with Gasteiger partial charge >= 0.3 is 0 Å². The lowest BCUT2D eigenvalue weighted by Crippen LogP contribution is -2.42. The highest BCUT2D eigenvalue weighted by atomic mass is 32.1. The first-order valence-corrected chi connectivity index (χ1v) is 10.7. The maximum Gasteiger partial charge on any atom is 0.228 e. The van der Waals surface area contributed by atoms with Crippen LogP contribution < -0.4 is 10.1 Å². The Morgan fingerprint density at radius 3 is 2.77 bits per heavy atom. The number of hydrogen-bond acceptors (Lipinski definition) is 6. The minimum Gasteiger partial charge on any atom is -0.495 e. The van der Waals surface area contributed by atoms with E-state index >= 15 is 0 Å². The number of thiazole rings is 1. The number of para-hydroxylation sites is 2. The Labute approximate surface area is 178 Å². The second-order valence-electron chi connectivity index (χ2n) is 7.14. The molecule has 2 amide bonds. The minimum atomic E-state index is -0.121. The van der Waals surface area contributed by atoms with Crippen LogP contribution in [-0.2, 0) is 16.0 Å². The van der Waals surface area contributed by atoms with Crippen LogP contribution in [0.25, 0.3) is 10.8 Å². The number of furan rings is 1. The fraction of sp³-hybridized carbons (Fsp3) is 0.318. The first-order chi connectivity index (χ1) is 14.6. The molecule has 1 aromatic carbocycles. The van der Waals surface area contributed by atoms with E-state index in [1.165, 1.54) is 11.3 Å². The van der Waals surface area contributed by atoms with Crippen molar-refractivity contribution in [3.8, 4) is 16.5 Å². The number of hydrogen-bond donors (Lipinski definition) is 1. The third kappa shape index (κ3) is 4.54. The summed E-state index contributed by atoms with van der Waals surface area (Å²) in [6.07, 6.45) is 3.15. The van der Waals surface area contributed by atoms with E-state index in [0.717, 1.165) is 10.7 Å². The second-order valence-corrected chi connectivity index (χ2v) is 8.00. The quantitative estimate of drug-likeness (QED) is 0.649. The average Bonchev–Trinajstić information content (AvgIpc) is 3.46. The van der Waals surface area contributed by atoms with E-state index < -0.39 is 0 Å². The third-order valence-electron chi connectivity index (χ3n) is 5.20. The molecule has 1 N–H and O–H groups in total. The molecule has 0 aliphatic carbocycles. The Bertz CT molecular complexity index is 1010. The molecular weight excluding hydrogens is 402 g/mol. The molecule has 7 nitrogen and oxygen atoms in total. The van der Waals surface area contributed by atoms with Gasteiger partial charge < -0.3 is 19.4 Å². The van der Waals surface area contributed by atoms with E-state index in [4.69, 9.17) is 9.15 Å². The molecule has 0 saturated carbocycles. The van der Waals surface area contributed by atoms with E-state index in [9.17, 15) is 9.59 Å². The zero-order valence-electron chi connectivity index (χ0n) is 16.7. The summed E-state index contributed by atoms with van der Waals surface area (Å²) in [6, 6.07) is 11.0. The highest BCUT2D eigenvalue weighted by molar-refractivity contribution is 7.13. The molecule has 3 heterocycles. The molecule has 30 heavy (non-hydrogen) atoms. The van der Waals surface area contributed by atoms with Crippen molar-refractivity contribution in [2.45, 2.75) is 19.3 Å². The normalized spacial score (nSPS) is 14.5. The number of benzene rings is 1. The molecule has 156 valence electrons. The second kappa shape index (κ2) is 9.13. The monoisotopic (exact) mass is 425 g/mol. The number of carbonyl (C=O) groups excluding carboxylic acids is 2. The SMILES string of the molecule is COc1ccccc1NC(=O)C1CCN(C(=O)Cc2csc(-c3ccco3)n2)CC1. The van der Waals surface area contributed by atoms with Crippen LogP contribution in [0.2, 0.25) is 0 Å². The number of nitrogens with one attached hydrogen (secondary N) is 1. The van der Waals surface area contributed by atoms with Gasteiger partial charge in [0.1, 0.15) is 5.75 Å². The lowest BCUT2D eigenvalue weighted by molar-refractivity contribution is -0.133. The van der Waals surface area contributed by atoms with Crippen LogP contribution in [0.5, 0.6) is 5.75 Å². The van der Waals surface area contributed by atoms with Crippen molar-refractivity contribution in [1.82, 2.24) is 9.88 Å². The zero-order chi connectivity index (χ0) is 20.9. The van der Waals surface area contributed by atoms with Crippen molar-refractivity contribution in [2.75, 3.05) is 25.5 Å². The Kier molecular flexibility index (Phi) is 6.13. The molecule has 0 bridgehead atoms. The van der Waals surface area contributed by atoms with Crippen molar-refractivity contribution in [2.24, 2.45) is 5.92 Å². The van der Waals surface area contributed by atoms with Gasteiger partial charge in [0.25, 0.3) is 0 Å². The third-order valence-corrected chi connectivity index (χ3v) is 6.11. The first-order valence-electron chi connectivity index (χ1n) is 9.84. The Hall–Kier alpha value is -3.13. The van der Waals surface area contributed by atoms with E-state index in [1.807, 2.05) is 46.7 Å². The highest BCUT2D eigenvalue weighted by Gasteiger charge is 2.28. The highest BCUT2D eigenvalue weighted by Crippen LogP contribution is 2.27. The molecule has 0 spiro atoms. The molecule has 8 heteroatoms. The molecule has 1 saturated heterocycles. The number of piperidine rings is 1. The van der Waals surface area contributed by atoms with Gasteiger partial charge in [-0.25, -0.2) is 4.98 Å². The van der Waals surface area contributed by atoms with E-state index in [-0.39, 0.29) is 24.2 Å². The Balaban J connectivity index is 1.28. The van der Waals surface area contributed by atoms with Gasteiger partial charge in [0.15, 0.2) is 10.8 Å². The average molecular weight is 426 g/mol. The largest absolute Gasteiger partial charge is 0.495 e. The molecule has 3 aromatic rings. The van der Waals surface area contributed by atoms with Crippen LogP contribution in [0, 0.1) is 5.92 Å². The standard InChI is InChI=1S/C22H23N3O4S/c1-28-18-6-3-2-5-17(18)24-21(27)15-8-10-25(11-9-15)20(26)13-16-14-30-22(23-16)19-7-4-12-29-19/h2-7,12,14-15H,8-11,13H2,1H3,(H,24,27). The van der Waals surface area contributed by atoms with Crippen LogP contribution >= 0.6 is 11.3 Å². The fourth-order valence-electron chi connectivity index (χ4n) is 3.54. The summed E-state index contributed by atoms with van der Waals surface area (Å²) in [5.41, 5.74) is 1.41. The topological polar surface area (TPSA) is 84.7 Å². The number of anilines is 1. The summed E-state index contributed by atoms with van der Waals surface area (Å²) < 4.78 is 10.6. The van der Waals surface area contributed by atoms with Gasteiger partial charge in [0.2, 0.25) is 11.8 Å². The number of nitrogens with zero attached hydrogens (tertiary/aromatic N) is 2. The molecule has 1 aliphatic heterocycles. The predicted molar refractivity (Wildman–Crippen MR) is 114 cm³/mol. The number of rotatable bonds is 6. The first kappa shape index (κ1) is 20.2. The summed E-state index contributed by atoms with van der Waals surface area (Å²) in [6.45, 7) is 1.13. The summed E-state index contributed by atoms with van der Waals surface area (Å²) in [4.78, 5) is 31.6. The Morgan fingerprint density at radius 1 is 1.23 bits per heavy atom. The van der Waals surface area contributed by atoms with Gasteiger partial charge in [0, 0.05) is 24.4 Å². The molecule has 1 fully saturated rings. The van der Waals surface area contributed by atoms with Crippen LogP contribution in [0.15, 0.2) is 52.5 Å². The van der Waals surface area contributed by atoms with Crippen molar-refractivity contribution < 1.29 is 18.7 Å². The summed E-state index contributed by atoms with van der Waals surface area (Å²) >= 11 is 1.47.